The molecule has 0 saturated heterocycles. The van der Waals surface area contributed by atoms with Crippen LogP contribution in [0.5, 0.6) is 11.5 Å². The Labute approximate surface area is 166 Å². The molecular formula is C17H16Cl4N2O2. The second-order valence-electron chi connectivity index (χ2n) is 4.86. The number of benzene rings is 1. The summed E-state index contributed by atoms with van der Waals surface area (Å²) in [5, 5.41) is 3.95. The van der Waals surface area contributed by atoms with E-state index in [1.54, 1.807) is 18.3 Å². The van der Waals surface area contributed by atoms with Crippen molar-refractivity contribution in [2.45, 2.75) is 6.42 Å². The fourth-order valence-electron chi connectivity index (χ4n) is 1.89. The summed E-state index contributed by atoms with van der Waals surface area (Å²) >= 11 is 23.4. The maximum Gasteiger partial charge on any atom is 0.156 e. The van der Waals surface area contributed by atoms with Gasteiger partial charge in [0.1, 0.15) is 22.7 Å². The molecule has 0 radical (unpaired) electrons. The molecule has 2 rings (SSSR count). The fraction of sp³-hybridized carbons (Fsp3) is 0.235. The molecule has 1 aromatic carbocycles. The van der Waals surface area contributed by atoms with Crippen molar-refractivity contribution in [1.82, 2.24) is 4.98 Å². The third-order valence-corrected chi connectivity index (χ3v) is 3.87. The van der Waals surface area contributed by atoms with Crippen LogP contribution in [0, 0.1) is 0 Å². The molecule has 0 amide bonds. The molecule has 134 valence electrons. The molecular weight excluding hydrogens is 406 g/mol. The minimum atomic E-state index is 0.136. The molecule has 2 aromatic rings. The van der Waals surface area contributed by atoms with E-state index in [0.29, 0.717) is 28.2 Å². The van der Waals surface area contributed by atoms with E-state index in [0.717, 1.165) is 18.8 Å². The number of anilines is 1. The van der Waals surface area contributed by atoms with Gasteiger partial charge in [-0.1, -0.05) is 52.5 Å². The Morgan fingerprint density at radius 1 is 1.12 bits per heavy atom. The first-order valence-electron chi connectivity index (χ1n) is 7.47. The lowest BCUT2D eigenvalue weighted by molar-refractivity contribution is 0.313. The summed E-state index contributed by atoms with van der Waals surface area (Å²) in [5.41, 5.74) is 0. The average Bonchev–Trinajstić information content (AvgIpc) is 2.57. The van der Waals surface area contributed by atoms with Gasteiger partial charge < -0.3 is 14.8 Å². The molecule has 0 unspecified atom stereocenters. The summed E-state index contributed by atoms with van der Waals surface area (Å²) in [7, 11) is 0. The van der Waals surface area contributed by atoms with Gasteiger partial charge in [-0.3, -0.25) is 0 Å². The summed E-state index contributed by atoms with van der Waals surface area (Å²) < 4.78 is 11.2. The lowest BCUT2D eigenvalue weighted by Crippen LogP contribution is -2.08. The molecule has 8 heteroatoms. The molecule has 0 saturated carbocycles. The predicted molar refractivity (Wildman–Crippen MR) is 105 cm³/mol. The normalized spacial score (nSPS) is 10.2. The number of nitrogens with one attached hydrogen (secondary N) is 1. The molecule has 1 aromatic heterocycles. The summed E-state index contributed by atoms with van der Waals surface area (Å²) in [6.07, 6.45) is 4.02. The van der Waals surface area contributed by atoms with E-state index in [1.807, 2.05) is 18.2 Å². The van der Waals surface area contributed by atoms with Crippen LogP contribution in [-0.4, -0.2) is 24.7 Å². The first-order chi connectivity index (χ1) is 12.1. The third-order valence-electron chi connectivity index (χ3n) is 3.00. The monoisotopic (exact) mass is 420 g/mol. The fourth-order valence-corrected chi connectivity index (χ4v) is 2.59. The summed E-state index contributed by atoms with van der Waals surface area (Å²) in [6, 6.07) is 8.95. The lowest BCUT2D eigenvalue weighted by Gasteiger charge is -2.12. The van der Waals surface area contributed by atoms with Gasteiger partial charge in [-0.05, 0) is 24.6 Å². The van der Waals surface area contributed by atoms with Crippen LogP contribution in [0.1, 0.15) is 6.42 Å². The Bertz CT molecular complexity index is 684. The zero-order valence-electron chi connectivity index (χ0n) is 13.1. The van der Waals surface area contributed by atoms with Gasteiger partial charge in [-0.2, -0.15) is 0 Å². The van der Waals surface area contributed by atoms with E-state index < -0.39 is 0 Å². The topological polar surface area (TPSA) is 43.4 Å². The van der Waals surface area contributed by atoms with Crippen molar-refractivity contribution in [2.75, 3.05) is 25.1 Å². The maximum absolute atomic E-state index is 6.20. The van der Waals surface area contributed by atoms with E-state index in [2.05, 4.69) is 10.3 Å². The number of pyridine rings is 1. The highest BCUT2D eigenvalue weighted by Gasteiger charge is 2.10. The molecule has 0 bridgehead atoms. The second kappa shape index (κ2) is 10.6. The summed E-state index contributed by atoms with van der Waals surface area (Å²) in [5.74, 6) is 1.76. The smallest absolute Gasteiger partial charge is 0.156 e. The number of hydrogen-bond acceptors (Lipinski definition) is 4. The van der Waals surface area contributed by atoms with Gasteiger partial charge in [0.25, 0.3) is 0 Å². The Morgan fingerprint density at radius 2 is 1.88 bits per heavy atom. The number of aromatic nitrogens is 1. The SMILES string of the molecule is ClC(Cl)=CCOc1cc(Cl)c(OCCCNc2ccccn2)c(Cl)c1. The van der Waals surface area contributed by atoms with E-state index in [1.165, 1.54) is 6.08 Å². The third kappa shape index (κ3) is 7.20. The largest absolute Gasteiger partial charge is 0.490 e. The number of halogens is 4. The molecule has 25 heavy (non-hydrogen) atoms. The van der Waals surface area contributed by atoms with Crippen molar-refractivity contribution in [3.8, 4) is 11.5 Å². The highest BCUT2D eigenvalue weighted by atomic mass is 35.5. The number of hydrogen-bond donors (Lipinski definition) is 1. The molecule has 0 atom stereocenters. The second-order valence-corrected chi connectivity index (χ2v) is 6.69. The van der Waals surface area contributed by atoms with Gasteiger partial charge in [0, 0.05) is 24.9 Å². The minimum Gasteiger partial charge on any atom is -0.490 e. The van der Waals surface area contributed by atoms with Crippen LogP contribution in [-0.2, 0) is 0 Å². The zero-order valence-corrected chi connectivity index (χ0v) is 16.2. The van der Waals surface area contributed by atoms with Crippen molar-refractivity contribution >= 4 is 52.2 Å². The van der Waals surface area contributed by atoms with Gasteiger partial charge in [0.05, 0.1) is 16.7 Å². The van der Waals surface area contributed by atoms with Crippen LogP contribution in [0.2, 0.25) is 10.0 Å². The zero-order chi connectivity index (χ0) is 18.1. The predicted octanol–water partition coefficient (Wildman–Crippen LogP) is 5.97. The van der Waals surface area contributed by atoms with Crippen LogP contribution >= 0.6 is 46.4 Å². The van der Waals surface area contributed by atoms with Gasteiger partial charge in [-0.15, -0.1) is 0 Å². The Hall–Kier alpha value is -1.33. The van der Waals surface area contributed by atoms with Crippen molar-refractivity contribution in [2.24, 2.45) is 0 Å². The van der Waals surface area contributed by atoms with E-state index in [4.69, 9.17) is 55.9 Å². The van der Waals surface area contributed by atoms with Crippen LogP contribution in [0.3, 0.4) is 0 Å². The first kappa shape index (κ1) is 20.0. The Morgan fingerprint density at radius 3 is 2.52 bits per heavy atom. The molecule has 0 aliphatic heterocycles. The van der Waals surface area contributed by atoms with Crippen LogP contribution < -0.4 is 14.8 Å². The Balaban J connectivity index is 1.80. The molecule has 1 N–H and O–H groups in total. The Kier molecular flexibility index (Phi) is 8.49. The van der Waals surface area contributed by atoms with E-state index in [9.17, 15) is 0 Å². The van der Waals surface area contributed by atoms with Crippen LogP contribution in [0.4, 0.5) is 5.82 Å². The van der Waals surface area contributed by atoms with Gasteiger partial charge in [0.15, 0.2) is 5.75 Å². The van der Waals surface area contributed by atoms with Crippen molar-refractivity contribution in [3.05, 3.63) is 57.1 Å². The van der Waals surface area contributed by atoms with E-state index >= 15 is 0 Å². The molecule has 0 aliphatic carbocycles. The molecule has 4 nitrogen and oxygen atoms in total. The molecule has 0 spiro atoms. The van der Waals surface area contributed by atoms with Gasteiger partial charge in [-0.25, -0.2) is 4.98 Å². The molecule has 1 heterocycles. The highest BCUT2D eigenvalue weighted by Crippen LogP contribution is 2.37. The van der Waals surface area contributed by atoms with Crippen molar-refractivity contribution < 1.29 is 9.47 Å². The minimum absolute atomic E-state index is 0.136. The average molecular weight is 422 g/mol. The van der Waals surface area contributed by atoms with Gasteiger partial charge >= 0.3 is 0 Å². The quantitative estimate of drug-likeness (QED) is 0.506. The standard InChI is InChI=1S/C17H16Cl4N2O2/c18-13-10-12(24-9-5-15(20)21)11-14(19)17(13)25-8-3-7-23-16-4-1-2-6-22-16/h1-2,4-6,10-11H,3,7-9H2,(H,22,23). The maximum atomic E-state index is 6.20. The summed E-state index contributed by atoms with van der Waals surface area (Å²) in [4.78, 5) is 4.18. The summed E-state index contributed by atoms with van der Waals surface area (Å²) in [6.45, 7) is 1.40. The molecule has 0 aliphatic rings. The van der Waals surface area contributed by atoms with E-state index in [-0.39, 0.29) is 11.1 Å². The van der Waals surface area contributed by atoms with Gasteiger partial charge in [0.2, 0.25) is 0 Å². The number of ether oxygens (including phenoxy) is 2. The molecule has 0 fully saturated rings. The number of nitrogens with zero attached hydrogens (tertiary/aromatic N) is 1. The van der Waals surface area contributed by atoms with Crippen molar-refractivity contribution in [1.29, 1.82) is 0 Å². The van der Waals surface area contributed by atoms with Crippen molar-refractivity contribution in [3.63, 3.8) is 0 Å². The van der Waals surface area contributed by atoms with Crippen LogP contribution in [0.25, 0.3) is 0 Å². The number of rotatable bonds is 9. The van der Waals surface area contributed by atoms with Crippen LogP contribution in [0.15, 0.2) is 47.1 Å². The lowest BCUT2D eigenvalue weighted by atomic mass is 10.3. The first-order valence-corrected chi connectivity index (χ1v) is 8.98. The highest BCUT2D eigenvalue weighted by molar-refractivity contribution is 6.55.